The first-order chi connectivity index (χ1) is 8.51. The van der Waals surface area contributed by atoms with Crippen LogP contribution in [0.1, 0.15) is 12.5 Å². The Morgan fingerprint density at radius 1 is 1.33 bits per heavy atom. The molecule has 1 atom stereocenters. The smallest absolute Gasteiger partial charge is 0.331 e. The first-order valence-electron chi connectivity index (χ1n) is 5.50. The van der Waals surface area contributed by atoms with Crippen molar-refractivity contribution in [3.8, 4) is 0 Å². The topological polar surface area (TPSA) is 55.4 Å². The molecule has 98 valence electrons. The molecule has 0 aliphatic carbocycles. The van der Waals surface area contributed by atoms with Gasteiger partial charge >= 0.3 is 5.97 Å². The van der Waals surface area contributed by atoms with Crippen molar-refractivity contribution in [1.29, 1.82) is 0 Å². The van der Waals surface area contributed by atoms with Crippen LogP contribution in [0.5, 0.6) is 0 Å². The summed E-state index contributed by atoms with van der Waals surface area (Å²) in [6, 6.07) is 9.51. The number of amides is 1. The summed E-state index contributed by atoms with van der Waals surface area (Å²) < 4.78 is 4.77. The molecule has 1 N–H and O–H groups in total. The molecular weight excluding hydrogens is 250 g/mol. The second-order valence-electron chi connectivity index (χ2n) is 4.10. The summed E-state index contributed by atoms with van der Waals surface area (Å²) in [5.41, 5.74) is -0.0808. The number of nitrogens with one attached hydrogen (secondary N) is 1. The van der Waals surface area contributed by atoms with Gasteiger partial charge in [0.2, 0.25) is 0 Å². The molecule has 0 aliphatic rings. The van der Waals surface area contributed by atoms with E-state index in [-0.39, 0.29) is 5.24 Å². The van der Waals surface area contributed by atoms with Crippen molar-refractivity contribution in [2.45, 2.75) is 18.9 Å². The molecule has 1 aromatic carbocycles. The van der Waals surface area contributed by atoms with Gasteiger partial charge in [-0.15, -0.1) is 0 Å². The van der Waals surface area contributed by atoms with Crippen molar-refractivity contribution in [2.75, 3.05) is 13.4 Å². The van der Waals surface area contributed by atoms with Gasteiger partial charge in [-0.3, -0.25) is 4.79 Å². The first-order valence-corrected chi connectivity index (χ1v) is 6.73. The number of methoxy groups -OCH3 is 1. The summed E-state index contributed by atoms with van der Waals surface area (Å²) in [5.74, 6) is -0.450. The molecule has 0 spiro atoms. The molecule has 0 radical (unpaired) electrons. The van der Waals surface area contributed by atoms with Crippen LogP contribution in [-0.4, -0.2) is 30.1 Å². The Bertz CT molecular complexity index is 422. The zero-order valence-corrected chi connectivity index (χ0v) is 11.5. The minimum absolute atomic E-state index is 0.251. The number of ether oxygens (including phenoxy) is 1. The van der Waals surface area contributed by atoms with Crippen molar-refractivity contribution < 1.29 is 14.3 Å². The van der Waals surface area contributed by atoms with Crippen LogP contribution in [-0.2, 0) is 16.0 Å². The van der Waals surface area contributed by atoms with E-state index >= 15 is 0 Å². The molecule has 1 rings (SSSR count). The number of thioether (sulfide) groups is 1. The van der Waals surface area contributed by atoms with Crippen LogP contribution in [0.15, 0.2) is 30.3 Å². The number of hydrogen-bond donors (Lipinski definition) is 1. The highest BCUT2D eigenvalue weighted by Crippen LogP contribution is 2.16. The third kappa shape index (κ3) is 3.77. The van der Waals surface area contributed by atoms with E-state index in [1.165, 1.54) is 7.11 Å². The number of rotatable bonds is 4. The minimum atomic E-state index is -1.05. The lowest BCUT2D eigenvalue weighted by molar-refractivity contribution is -0.147. The van der Waals surface area contributed by atoms with Crippen molar-refractivity contribution >= 4 is 23.0 Å². The molecule has 0 saturated heterocycles. The van der Waals surface area contributed by atoms with Gasteiger partial charge in [-0.2, -0.15) is 0 Å². The first kappa shape index (κ1) is 14.6. The molecule has 4 nitrogen and oxygen atoms in total. The summed E-state index contributed by atoms with van der Waals surface area (Å²) in [4.78, 5) is 23.3. The number of esters is 1. The Morgan fingerprint density at radius 2 is 1.94 bits per heavy atom. The van der Waals surface area contributed by atoms with Crippen LogP contribution in [0.3, 0.4) is 0 Å². The van der Waals surface area contributed by atoms with E-state index < -0.39 is 11.5 Å². The normalized spacial score (nSPS) is 13.5. The molecular formula is C13H17NO3S. The summed E-state index contributed by atoms with van der Waals surface area (Å²) in [7, 11) is 1.32. The number of hydrogen-bond acceptors (Lipinski definition) is 4. The molecule has 0 aliphatic heterocycles. The van der Waals surface area contributed by atoms with Crippen molar-refractivity contribution in [3.63, 3.8) is 0 Å². The van der Waals surface area contributed by atoms with Crippen LogP contribution in [0.25, 0.3) is 0 Å². The van der Waals surface area contributed by atoms with Crippen LogP contribution in [0.4, 0.5) is 4.79 Å². The molecule has 0 heterocycles. The summed E-state index contributed by atoms with van der Waals surface area (Å²) in [6.07, 6.45) is 2.06. The van der Waals surface area contributed by atoms with Gasteiger partial charge in [-0.25, -0.2) is 4.79 Å². The van der Waals surface area contributed by atoms with E-state index in [4.69, 9.17) is 4.74 Å². The van der Waals surface area contributed by atoms with Crippen molar-refractivity contribution in [2.24, 2.45) is 0 Å². The fraction of sp³-hybridized carbons (Fsp3) is 0.385. The summed E-state index contributed by atoms with van der Waals surface area (Å²) in [5, 5.41) is 2.44. The fourth-order valence-electron chi connectivity index (χ4n) is 1.67. The lowest BCUT2D eigenvalue weighted by Gasteiger charge is -2.27. The van der Waals surface area contributed by atoms with E-state index in [2.05, 4.69) is 5.32 Å². The third-order valence-electron chi connectivity index (χ3n) is 2.60. The Balaban J connectivity index is 2.91. The van der Waals surface area contributed by atoms with Gasteiger partial charge in [0.25, 0.3) is 5.24 Å². The monoisotopic (exact) mass is 267 g/mol. The highest BCUT2D eigenvalue weighted by atomic mass is 32.2. The SMILES string of the molecule is COC(=O)[C@@](C)(Cc1ccccc1)NC(=O)SC. The average molecular weight is 267 g/mol. The molecule has 0 saturated carbocycles. The highest BCUT2D eigenvalue weighted by Gasteiger charge is 2.36. The van der Waals surface area contributed by atoms with E-state index in [0.717, 1.165) is 17.3 Å². The van der Waals surface area contributed by atoms with Gasteiger partial charge in [-0.05, 0) is 18.7 Å². The molecule has 0 aromatic heterocycles. The van der Waals surface area contributed by atoms with E-state index in [9.17, 15) is 9.59 Å². The third-order valence-corrected chi connectivity index (χ3v) is 3.07. The maximum absolute atomic E-state index is 11.8. The maximum atomic E-state index is 11.8. The number of benzene rings is 1. The second-order valence-corrected chi connectivity index (χ2v) is 4.88. The molecule has 1 aromatic rings. The second kappa shape index (κ2) is 6.44. The standard InChI is InChI=1S/C13H17NO3S/c1-13(11(15)17-2,14-12(16)18-3)9-10-7-5-4-6-8-10/h4-8H,9H2,1-3H3,(H,14,16)/t13-/m1/s1. The van der Waals surface area contributed by atoms with E-state index in [0.29, 0.717) is 6.42 Å². The molecule has 1 amide bonds. The molecule has 18 heavy (non-hydrogen) atoms. The zero-order valence-electron chi connectivity index (χ0n) is 10.7. The Hall–Kier alpha value is -1.49. The average Bonchev–Trinajstić information content (AvgIpc) is 2.38. The van der Waals surface area contributed by atoms with Crippen LogP contribution in [0, 0.1) is 0 Å². The lowest BCUT2D eigenvalue weighted by Crippen LogP contribution is -2.53. The Kier molecular flexibility index (Phi) is 5.22. The van der Waals surface area contributed by atoms with Gasteiger partial charge in [0.05, 0.1) is 7.11 Å². The molecule has 0 fully saturated rings. The highest BCUT2D eigenvalue weighted by molar-refractivity contribution is 8.12. The van der Waals surface area contributed by atoms with Gasteiger partial charge in [0.15, 0.2) is 0 Å². The van der Waals surface area contributed by atoms with Crippen LogP contribution >= 0.6 is 11.8 Å². The molecule has 0 bridgehead atoms. The van der Waals surface area contributed by atoms with Gasteiger partial charge in [0, 0.05) is 6.42 Å². The number of carbonyl (C=O) groups is 2. The quantitative estimate of drug-likeness (QED) is 0.850. The summed E-state index contributed by atoms with van der Waals surface area (Å²) >= 11 is 1.03. The van der Waals surface area contributed by atoms with Gasteiger partial charge in [0.1, 0.15) is 5.54 Å². The predicted molar refractivity (Wildman–Crippen MR) is 72.6 cm³/mol. The van der Waals surface area contributed by atoms with E-state index in [1.807, 2.05) is 30.3 Å². The number of carbonyl (C=O) groups excluding carboxylic acids is 2. The minimum Gasteiger partial charge on any atom is -0.467 e. The largest absolute Gasteiger partial charge is 0.467 e. The van der Waals surface area contributed by atoms with E-state index in [1.54, 1.807) is 13.2 Å². The zero-order chi connectivity index (χ0) is 13.6. The Morgan fingerprint density at radius 3 is 2.44 bits per heavy atom. The van der Waals surface area contributed by atoms with Crippen molar-refractivity contribution in [1.82, 2.24) is 5.32 Å². The van der Waals surface area contributed by atoms with Gasteiger partial charge < -0.3 is 10.1 Å². The molecule has 5 heteroatoms. The van der Waals surface area contributed by atoms with Crippen LogP contribution in [0.2, 0.25) is 0 Å². The van der Waals surface area contributed by atoms with Crippen molar-refractivity contribution in [3.05, 3.63) is 35.9 Å². The van der Waals surface area contributed by atoms with Crippen LogP contribution < -0.4 is 5.32 Å². The fourth-order valence-corrected chi connectivity index (χ4v) is 2.00. The summed E-state index contributed by atoms with van der Waals surface area (Å²) in [6.45, 7) is 1.67. The van der Waals surface area contributed by atoms with Gasteiger partial charge in [-0.1, -0.05) is 42.1 Å². The maximum Gasteiger partial charge on any atom is 0.331 e. The predicted octanol–water partition coefficient (Wildman–Crippen LogP) is 2.23. The lowest BCUT2D eigenvalue weighted by atomic mass is 9.93. The molecule has 0 unspecified atom stereocenters. The Labute approximate surface area is 111 Å².